The molecule has 218 valence electrons. The van der Waals surface area contributed by atoms with Gasteiger partial charge in [0.05, 0.1) is 23.6 Å². The van der Waals surface area contributed by atoms with Gasteiger partial charge in [0.15, 0.2) is 6.10 Å². The monoisotopic (exact) mass is 584 g/mol. The second-order valence-electron chi connectivity index (χ2n) is 11.0. The van der Waals surface area contributed by atoms with E-state index in [2.05, 4.69) is 0 Å². The van der Waals surface area contributed by atoms with Gasteiger partial charge < -0.3 is 14.4 Å². The predicted octanol–water partition coefficient (Wildman–Crippen LogP) is 5.33. The van der Waals surface area contributed by atoms with Crippen molar-refractivity contribution in [2.24, 2.45) is 11.8 Å². The van der Waals surface area contributed by atoms with Crippen LogP contribution >= 0.6 is 0 Å². The predicted molar refractivity (Wildman–Crippen MR) is 164 cm³/mol. The molecule has 44 heavy (non-hydrogen) atoms. The van der Waals surface area contributed by atoms with Gasteiger partial charge in [-0.3, -0.25) is 14.4 Å². The molecule has 0 bridgehead atoms. The van der Waals surface area contributed by atoms with Gasteiger partial charge >= 0.3 is 11.9 Å². The molecule has 8 nitrogen and oxygen atoms in total. The summed E-state index contributed by atoms with van der Waals surface area (Å²) in [5.74, 6) is -3.40. The molecule has 4 atom stereocenters. The topological polar surface area (TPSA) is 93.2 Å². The molecule has 7 rings (SSSR count). The number of anilines is 2. The average Bonchev–Trinajstić information content (AvgIpc) is 3.53. The minimum absolute atomic E-state index is 0.299. The van der Waals surface area contributed by atoms with E-state index >= 15 is 0 Å². The maximum absolute atomic E-state index is 14.4. The summed E-state index contributed by atoms with van der Waals surface area (Å²) in [4.78, 5) is 57.1. The van der Waals surface area contributed by atoms with Crippen molar-refractivity contribution in [1.29, 1.82) is 0 Å². The molecule has 0 unspecified atom stereocenters. The highest BCUT2D eigenvalue weighted by atomic mass is 16.5. The van der Waals surface area contributed by atoms with Gasteiger partial charge in [-0.1, -0.05) is 91.0 Å². The van der Waals surface area contributed by atoms with E-state index in [-0.39, 0.29) is 0 Å². The second-order valence-corrected chi connectivity index (χ2v) is 11.0. The van der Waals surface area contributed by atoms with Crippen LogP contribution in [-0.4, -0.2) is 35.8 Å². The third-order valence-electron chi connectivity index (χ3n) is 8.45. The summed E-state index contributed by atoms with van der Waals surface area (Å²) >= 11 is 0. The number of carbonyl (C=O) groups is 4. The molecule has 0 aliphatic carbocycles. The molecule has 0 saturated carbocycles. The van der Waals surface area contributed by atoms with Crippen LogP contribution in [0.5, 0.6) is 5.75 Å². The van der Waals surface area contributed by atoms with Crippen LogP contribution in [0.25, 0.3) is 6.08 Å². The molecule has 0 spiro atoms. The second kappa shape index (κ2) is 11.0. The van der Waals surface area contributed by atoms with E-state index in [1.54, 1.807) is 12.1 Å². The lowest BCUT2D eigenvalue weighted by atomic mass is 9.88. The van der Waals surface area contributed by atoms with Crippen LogP contribution in [-0.2, 0) is 23.9 Å². The molecule has 3 aliphatic rings. The number of para-hydroxylation sites is 1. The zero-order chi connectivity index (χ0) is 30.4. The number of carbonyl (C=O) groups excluding carboxylic acids is 4. The molecule has 2 saturated heterocycles. The fourth-order valence-electron chi connectivity index (χ4n) is 6.64. The van der Waals surface area contributed by atoms with Crippen LogP contribution in [0.4, 0.5) is 11.4 Å². The van der Waals surface area contributed by atoms with Crippen LogP contribution in [0.3, 0.4) is 0 Å². The van der Waals surface area contributed by atoms with Crippen LogP contribution in [0, 0.1) is 11.8 Å². The zero-order valence-electron chi connectivity index (χ0n) is 23.8. The van der Waals surface area contributed by atoms with E-state index in [1.165, 1.54) is 19.1 Å². The molecular weight excluding hydrogens is 556 g/mol. The molecule has 4 aromatic carbocycles. The van der Waals surface area contributed by atoms with Gasteiger partial charge in [0.1, 0.15) is 11.8 Å². The van der Waals surface area contributed by atoms with Crippen molar-refractivity contribution in [1.82, 2.24) is 0 Å². The number of hydrogen-bond acceptors (Lipinski definition) is 7. The molecule has 2 amide bonds. The molecule has 4 aromatic rings. The molecule has 3 aliphatic heterocycles. The molecule has 0 radical (unpaired) electrons. The third kappa shape index (κ3) is 4.55. The largest absolute Gasteiger partial charge is 0.451 e. The fourth-order valence-corrected chi connectivity index (χ4v) is 6.64. The Morgan fingerprint density at radius 2 is 1.32 bits per heavy atom. The number of fused-ring (bicyclic) bond motifs is 5. The van der Waals surface area contributed by atoms with Gasteiger partial charge in [0.2, 0.25) is 11.8 Å². The van der Waals surface area contributed by atoms with Crippen molar-refractivity contribution in [2.75, 3.05) is 9.80 Å². The van der Waals surface area contributed by atoms with E-state index in [9.17, 15) is 19.2 Å². The Balaban J connectivity index is 1.28. The third-order valence-corrected chi connectivity index (χ3v) is 8.45. The van der Waals surface area contributed by atoms with Crippen molar-refractivity contribution < 1.29 is 28.7 Å². The summed E-state index contributed by atoms with van der Waals surface area (Å²) in [6.45, 7) is 1.30. The Morgan fingerprint density at radius 1 is 0.727 bits per heavy atom. The van der Waals surface area contributed by atoms with Crippen molar-refractivity contribution >= 4 is 41.2 Å². The lowest BCUT2D eigenvalue weighted by Gasteiger charge is -2.36. The average molecular weight is 585 g/mol. The lowest BCUT2D eigenvalue weighted by Crippen LogP contribution is -2.49. The number of imide groups is 1. The number of ether oxygens (including phenoxy) is 2. The van der Waals surface area contributed by atoms with E-state index in [1.807, 2.05) is 102 Å². The van der Waals surface area contributed by atoms with E-state index in [0.717, 1.165) is 27.3 Å². The van der Waals surface area contributed by atoms with Crippen LogP contribution in [0.2, 0.25) is 0 Å². The highest BCUT2D eigenvalue weighted by molar-refractivity contribution is 6.24. The van der Waals surface area contributed by atoms with Gasteiger partial charge in [0.25, 0.3) is 0 Å². The zero-order valence-corrected chi connectivity index (χ0v) is 23.8. The maximum atomic E-state index is 14.4. The highest BCUT2D eigenvalue weighted by Crippen LogP contribution is 2.50. The number of amides is 2. The standard InChI is InChI=1S/C36H28N2O6/c1-22(39)43-27-19-17-26(18-20-27)37-34(40)30-29-21-16-23-10-8-9-15-28(23)38(29)32(31(30)35(37)41)36(42)44-33(24-11-4-2-5-12-24)25-13-6-3-7-14-25/h2-21,29-33H,1H3/t29-,30+,31-,32+/m1/s1. The van der Waals surface area contributed by atoms with Crippen LogP contribution in [0.1, 0.15) is 29.7 Å². The summed E-state index contributed by atoms with van der Waals surface area (Å²) in [6, 6.07) is 31.2. The van der Waals surface area contributed by atoms with Crippen molar-refractivity contribution in [3.63, 3.8) is 0 Å². The first kappa shape index (κ1) is 27.3. The molecular formula is C36H28N2O6. The van der Waals surface area contributed by atoms with Gasteiger partial charge in [0, 0.05) is 12.6 Å². The molecule has 2 fully saturated rings. The maximum Gasteiger partial charge on any atom is 0.330 e. The Bertz CT molecular complexity index is 1750. The quantitative estimate of drug-likeness (QED) is 0.172. The van der Waals surface area contributed by atoms with E-state index in [4.69, 9.17) is 9.47 Å². The lowest BCUT2D eigenvalue weighted by molar-refractivity contribution is -0.151. The summed E-state index contributed by atoms with van der Waals surface area (Å²) in [6.07, 6.45) is 3.12. The van der Waals surface area contributed by atoms with Gasteiger partial charge in [-0.05, 0) is 47.0 Å². The summed E-state index contributed by atoms with van der Waals surface area (Å²) in [5.41, 5.74) is 3.59. The minimum Gasteiger partial charge on any atom is -0.451 e. The first-order chi connectivity index (χ1) is 21.4. The normalized spacial score (nSPS) is 21.6. The summed E-state index contributed by atoms with van der Waals surface area (Å²) in [5, 5.41) is 0. The number of hydrogen-bond donors (Lipinski definition) is 0. The first-order valence-electron chi connectivity index (χ1n) is 14.4. The molecule has 3 heterocycles. The molecule has 8 heteroatoms. The number of esters is 2. The van der Waals surface area contributed by atoms with Crippen molar-refractivity contribution in [3.05, 3.63) is 132 Å². The van der Waals surface area contributed by atoms with Gasteiger partial charge in [-0.2, -0.15) is 0 Å². The Hall–Kier alpha value is -5.50. The number of rotatable bonds is 6. The van der Waals surface area contributed by atoms with Crippen molar-refractivity contribution in [3.8, 4) is 5.75 Å². The van der Waals surface area contributed by atoms with Crippen LogP contribution < -0.4 is 14.5 Å². The Labute approximate surface area is 254 Å². The van der Waals surface area contributed by atoms with Crippen molar-refractivity contribution in [2.45, 2.75) is 25.1 Å². The minimum atomic E-state index is -1.05. The SMILES string of the molecule is CC(=O)Oc1ccc(N2C(=O)[C@@H]3[C@@H](C2=O)[C@@H](C(=O)OC(c2ccccc2)c2ccccc2)N2c4ccccc4C=C[C@H]32)cc1. The first-order valence-corrected chi connectivity index (χ1v) is 14.4. The van der Waals surface area contributed by atoms with Gasteiger partial charge in [-0.15, -0.1) is 0 Å². The smallest absolute Gasteiger partial charge is 0.330 e. The number of nitrogens with zero attached hydrogens (tertiary/aromatic N) is 2. The molecule has 0 aromatic heterocycles. The van der Waals surface area contributed by atoms with Crippen LogP contribution in [0.15, 0.2) is 115 Å². The Kier molecular flexibility index (Phi) is 6.81. The van der Waals surface area contributed by atoms with E-state index in [0.29, 0.717) is 11.4 Å². The highest BCUT2D eigenvalue weighted by Gasteiger charge is 2.65. The number of benzene rings is 4. The summed E-state index contributed by atoms with van der Waals surface area (Å²) in [7, 11) is 0. The van der Waals surface area contributed by atoms with Gasteiger partial charge in [-0.25, -0.2) is 9.69 Å². The Morgan fingerprint density at radius 3 is 1.95 bits per heavy atom. The fraction of sp³-hybridized carbons (Fsp3) is 0.167. The molecule has 0 N–H and O–H groups in total. The summed E-state index contributed by atoms with van der Waals surface area (Å²) < 4.78 is 11.4. The van der Waals surface area contributed by atoms with E-state index < -0.39 is 53.8 Å².